The second-order valence-electron chi connectivity index (χ2n) is 6.16. The molecule has 0 bridgehead atoms. The zero-order valence-electron chi connectivity index (χ0n) is 14.8. The number of halogens is 1. The number of benzene rings is 3. The first-order valence-electron chi connectivity index (χ1n) is 8.42. The van der Waals surface area contributed by atoms with E-state index in [1.54, 1.807) is 24.3 Å². The SMILES string of the molecule is Nc1cc(OC(=O)c2cccc(Cl)c2)nn1S(=O)(=O)c1ccc2ccccc2c1. The summed E-state index contributed by atoms with van der Waals surface area (Å²) in [6.07, 6.45) is 0. The van der Waals surface area contributed by atoms with Crippen molar-refractivity contribution in [3.8, 4) is 5.88 Å². The molecule has 1 aromatic heterocycles. The van der Waals surface area contributed by atoms with E-state index in [-0.39, 0.29) is 22.2 Å². The van der Waals surface area contributed by atoms with Gasteiger partial charge in [-0.1, -0.05) is 48.0 Å². The number of nitrogen functional groups attached to an aromatic ring is 1. The molecule has 146 valence electrons. The smallest absolute Gasteiger partial charge is 0.344 e. The molecular weight excluding hydrogens is 414 g/mol. The number of carbonyl (C=O) groups excluding carboxylic acids is 1. The first-order chi connectivity index (χ1) is 13.8. The van der Waals surface area contributed by atoms with E-state index in [9.17, 15) is 13.2 Å². The highest BCUT2D eigenvalue weighted by Gasteiger charge is 2.23. The molecule has 0 saturated carbocycles. The molecule has 3 aromatic carbocycles. The minimum absolute atomic E-state index is 0.0127. The highest BCUT2D eigenvalue weighted by molar-refractivity contribution is 7.90. The summed E-state index contributed by atoms with van der Waals surface area (Å²) in [5.74, 6) is -1.16. The van der Waals surface area contributed by atoms with Gasteiger partial charge in [-0.3, -0.25) is 0 Å². The Labute approximate surface area is 171 Å². The monoisotopic (exact) mass is 427 g/mol. The molecule has 7 nitrogen and oxygen atoms in total. The number of rotatable bonds is 4. The lowest BCUT2D eigenvalue weighted by Crippen LogP contribution is -2.17. The maximum absolute atomic E-state index is 13.0. The van der Waals surface area contributed by atoms with Crippen LogP contribution in [0.4, 0.5) is 5.82 Å². The molecule has 0 amide bonds. The molecule has 2 N–H and O–H groups in total. The molecule has 0 radical (unpaired) electrons. The predicted octanol–water partition coefficient (Wildman–Crippen LogP) is 3.73. The molecule has 0 aliphatic rings. The van der Waals surface area contributed by atoms with Crippen molar-refractivity contribution < 1.29 is 17.9 Å². The summed E-state index contributed by atoms with van der Waals surface area (Å²) in [5.41, 5.74) is 6.02. The quantitative estimate of drug-likeness (QED) is 0.497. The molecule has 0 aliphatic heterocycles. The summed E-state index contributed by atoms with van der Waals surface area (Å²) in [7, 11) is -4.08. The summed E-state index contributed by atoms with van der Waals surface area (Å²) in [6.45, 7) is 0. The number of esters is 1. The Morgan fingerprint density at radius 2 is 1.72 bits per heavy atom. The van der Waals surface area contributed by atoms with Crippen LogP contribution in [0.2, 0.25) is 5.02 Å². The molecule has 29 heavy (non-hydrogen) atoms. The maximum atomic E-state index is 13.0. The van der Waals surface area contributed by atoms with Gasteiger partial charge in [0.05, 0.1) is 10.5 Å². The molecule has 0 atom stereocenters. The van der Waals surface area contributed by atoms with Crippen molar-refractivity contribution >= 4 is 44.2 Å². The van der Waals surface area contributed by atoms with Crippen LogP contribution in [0, 0.1) is 0 Å². The molecule has 1 heterocycles. The first kappa shape index (κ1) is 19.0. The summed E-state index contributed by atoms with van der Waals surface area (Å²) < 4.78 is 31.7. The highest BCUT2D eigenvalue weighted by atomic mass is 35.5. The molecule has 0 fully saturated rings. The Morgan fingerprint density at radius 1 is 0.966 bits per heavy atom. The van der Waals surface area contributed by atoms with E-state index in [0.29, 0.717) is 9.11 Å². The lowest BCUT2D eigenvalue weighted by molar-refractivity contribution is 0.0727. The number of hydrogen-bond acceptors (Lipinski definition) is 6. The number of nitrogens with two attached hydrogens (primary N) is 1. The van der Waals surface area contributed by atoms with Gasteiger partial charge in [-0.2, -0.15) is 8.42 Å². The van der Waals surface area contributed by atoms with Crippen molar-refractivity contribution in [3.05, 3.63) is 83.4 Å². The second-order valence-corrected chi connectivity index (χ2v) is 8.37. The van der Waals surface area contributed by atoms with Gasteiger partial charge in [0.25, 0.3) is 10.0 Å². The van der Waals surface area contributed by atoms with Crippen molar-refractivity contribution in [2.45, 2.75) is 4.90 Å². The number of fused-ring (bicyclic) bond motifs is 1. The van der Waals surface area contributed by atoms with E-state index in [1.807, 2.05) is 18.2 Å². The Morgan fingerprint density at radius 3 is 2.48 bits per heavy atom. The predicted molar refractivity (Wildman–Crippen MR) is 110 cm³/mol. The average molecular weight is 428 g/mol. The Balaban J connectivity index is 1.66. The van der Waals surface area contributed by atoms with Gasteiger partial charge in [-0.25, -0.2) is 4.79 Å². The van der Waals surface area contributed by atoms with Gasteiger partial charge in [0, 0.05) is 11.1 Å². The maximum Gasteiger partial charge on any atom is 0.344 e. The van der Waals surface area contributed by atoms with Crippen molar-refractivity contribution in [2.75, 3.05) is 5.73 Å². The fourth-order valence-electron chi connectivity index (χ4n) is 2.80. The summed E-state index contributed by atoms with van der Waals surface area (Å²) in [4.78, 5) is 12.2. The fraction of sp³-hybridized carbons (Fsp3) is 0. The standard InChI is InChI=1S/C20H14ClN3O4S/c21-16-7-3-6-15(10-16)20(25)28-19-12-18(22)24(23-19)29(26,27)17-9-8-13-4-1-2-5-14(13)11-17/h1-12H,22H2. The molecule has 4 aromatic rings. The summed E-state index contributed by atoms with van der Waals surface area (Å²) in [5, 5.41) is 5.87. The van der Waals surface area contributed by atoms with Crippen LogP contribution in [0.3, 0.4) is 0 Å². The Kier molecular flexibility index (Phi) is 4.73. The molecule has 0 unspecified atom stereocenters. The van der Waals surface area contributed by atoms with Gasteiger partial charge in [-0.15, -0.1) is 9.19 Å². The van der Waals surface area contributed by atoms with Gasteiger partial charge in [-0.05, 0) is 41.1 Å². The normalized spacial score (nSPS) is 11.5. The Hall–Kier alpha value is -3.36. The van der Waals surface area contributed by atoms with Crippen LogP contribution in [0.15, 0.2) is 77.7 Å². The minimum Gasteiger partial charge on any atom is -0.402 e. The summed E-state index contributed by atoms with van der Waals surface area (Å²) in [6, 6.07) is 19.4. The minimum atomic E-state index is -4.08. The van der Waals surface area contributed by atoms with Crippen molar-refractivity contribution in [3.63, 3.8) is 0 Å². The molecule has 0 spiro atoms. The van der Waals surface area contributed by atoms with E-state index < -0.39 is 16.0 Å². The molecule has 4 rings (SSSR count). The number of hydrogen-bond donors (Lipinski definition) is 1. The highest BCUT2D eigenvalue weighted by Crippen LogP contribution is 2.25. The molecular formula is C20H14ClN3O4S. The van der Waals surface area contributed by atoms with Crippen molar-refractivity contribution in [1.82, 2.24) is 9.19 Å². The number of ether oxygens (including phenoxy) is 1. The lowest BCUT2D eigenvalue weighted by Gasteiger charge is -2.07. The zero-order chi connectivity index (χ0) is 20.6. The van der Waals surface area contributed by atoms with Crippen LogP contribution in [0.1, 0.15) is 10.4 Å². The molecule has 0 aliphatic carbocycles. The molecule has 9 heteroatoms. The summed E-state index contributed by atoms with van der Waals surface area (Å²) >= 11 is 5.86. The van der Waals surface area contributed by atoms with Crippen LogP contribution in [0.5, 0.6) is 5.88 Å². The fourth-order valence-corrected chi connectivity index (χ4v) is 4.22. The van der Waals surface area contributed by atoms with Gasteiger partial charge >= 0.3 is 5.97 Å². The van der Waals surface area contributed by atoms with Gasteiger partial charge in [0.2, 0.25) is 5.88 Å². The third-order valence-corrected chi connectivity index (χ3v) is 6.02. The van der Waals surface area contributed by atoms with Crippen LogP contribution < -0.4 is 10.5 Å². The van der Waals surface area contributed by atoms with E-state index in [1.165, 1.54) is 30.3 Å². The average Bonchev–Trinajstić information content (AvgIpc) is 3.08. The topological polar surface area (TPSA) is 104 Å². The van der Waals surface area contributed by atoms with E-state index in [2.05, 4.69) is 5.10 Å². The van der Waals surface area contributed by atoms with Crippen molar-refractivity contribution in [1.29, 1.82) is 0 Å². The molecule has 0 saturated heterocycles. The van der Waals surface area contributed by atoms with E-state index in [4.69, 9.17) is 22.1 Å². The number of carbonyl (C=O) groups is 1. The number of anilines is 1. The second kappa shape index (κ2) is 7.23. The number of nitrogens with zero attached hydrogens (tertiary/aromatic N) is 2. The zero-order valence-corrected chi connectivity index (χ0v) is 16.4. The third kappa shape index (κ3) is 3.67. The largest absolute Gasteiger partial charge is 0.402 e. The third-order valence-electron chi connectivity index (χ3n) is 4.19. The van der Waals surface area contributed by atoms with Gasteiger partial charge in [0.15, 0.2) is 0 Å². The van der Waals surface area contributed by atoms with Crippen LogP contribution >= 0.6 is 11.6 Å². The van der Waals surface area contributed by atoms with Crippen LogP contribution in [0.25, 0.3) is 10.8 Å². The van der Waals surface area contributed by atoms with Gasteiger partial charge in [0.1, 0.15) is 5.82 Å². The van der Waals surface area contributed by atoms with Crippen LogP contribution in [-0.4, -0.2) is 23.6 Å². The van der Waals surface area contributed by atoms with Gasteiger partial charge < -0.3 is 10.5 Å². The van der Waals surface area contributed by atoms with Crippen molar-refractivity contribution in [2.24, 2.45) is 0 Å². The first-order valence-corrected chi connectivity index (χ1v) is 10.2. The van der Waals surface area contributed by atoms with E-state index >= 15 is 0 Å². The lowest BCUT2D eigenvalue weighted by atomic mass is 10.1. The van der Waals surface area contributed by atoms with E-state index in [0.717, 1.165) is 10.8 Å². The number of aromatic nitrogens is 2. The Bertz CT molecular complexity index is 1350. The van der Waals surface area contributed by atoms with Crippen LogP contribution in [-0.2, 0) is 10.0 Å².